The van der Waals surface area contributed by atoms with Gasteiger partial charge in [-0.3, -0.25) is 0 Å². The summed E-state index contributed by atoms with van der Waals surface area (Å²) in [6.07, 6.45) is 0.534. The zero-order valence-corrected chi connectivity index (χ0v) is 8.86. The van der Waals surface area contributed by atoms with Gasteiger partial charge in [-0.05, 0) is 30.4 Å². The van der Waals surface area contributed by atoms with Crippen LogP contribution in [0.1, 0.15) is 24.9 Å². The van der Waals surface area contributed by atoms with Crippen molar-refractivity contribution >= 4 is 21.2 Å². The molecular weight excluding hydrogens is 206 g/mol. The minimum absolute atomic E-state index is 0.111. The fraction of sp³-hybridized carbons (Fsp3) is 0.500. The van der Waals surface area contributed by atoms with Crippen LogP contribution in [0.15, 0.2) is 15.7 Å². The maximum absolute atomic E-state index is 11.8. The molecule has 2 N–H and O–H groups in total. The van der Waals surface area contributed by atoms with Crippen LogP contribution in [0.2, 0.25) is 0 Å². The van der Waals surface area contributed by atoms with E-state index < -0.39 is 9.84 Å². The number of rotatable bonds is 0. The van der Waals surface area contributed by atoms with Crippen LogP contribution < -0.4 is 5.73 Å². The van der Waals surface area contributed by atoms with Crippen LogP contribution >= 0.6 is 11.3 Å². The van der Waals surface area contributed by atoms with E-state index in [2.05, 4.69) is 0 Å². The molecule has 13 heavy (non-hydrogen) atoms. The predicted molar refractivity (Wildman–Crippen MR) is 52.5 cm³/mol. The fourth-order valence-electron chi connectivity index (χ4n) is 1.61. The number of sulfone groups is 1. The van der Waals surface area contributed by atoms with Crippen LogP contribution in [0.5, 0.6) is 0 Å². The molecule has 72 valence electrons. The zero-order valence-electron chi connectivity index (χ0n) is 7.23. The van der Waals surface area contributed by atoms with E-state index in [1.807, 2.05) is 6.07 Å². The van der Waals surface area contributed by atoms with Crippen LogP contribution in [0.3, 0.4) is 0 Å². The largest absolute Gasteiger partial charge is 0.324 e. The Balaban J connectivity index is 2.66. The molecule has 0 bridgehead atoms. The minimum Gasteiger partial charge on any atom is -0.324 e. The first-order valence-corrected chi connectivity index (χ1v) is 6.53. The summed E-state index contributed by atoms with van der Waals surface area (Å²) in [6, 6.07) is 1.70. The lowest BCUT2D eigenvalue weighted by atomic mass is 10.1. The molecule has 0 saturated carbocycles. The number of nitrogens with two attached hydrogens (primary N) is 1. The highest BCUT2D eigenvalue weighted by atomic mass is 32.2. The number of hydrogen-bond acceptors (Lipinski definition) is 4. The van der Waals surface area contributed by atoms with Crippen molar-refractivity contribution in [1.82, 2.24) is 0 Å². The quantitative estimate of drug-likeness (QED) is 0.713. The van der Waals surface area contributed by atoms with Crippen molar-refractivity contribution in [2.45, 2.75) is 28.8 Å². The zero-order chi connectivity index (χ0) is 9.64. The third kappa shape index (κ3) is 1.22. The molecule has 3 nitrogen and oxygen atoms in total. The van der Waals surface area contributed by atoms with E-state index in [-0.39, 0.29) is 11.3 Å². The van der Waals surface area contributed by atoms with Gasteiger partial charge in [0.1, 0.15) is 4.21 Å². The summed E-state index contributed by atoms with van der Waals surface area (Å²) < 4.78 is 24.0. The Hall–Kier alpha value is -0.390. The molecule has 0 aromatic carbocycles. The summed E-state index contributed by atoms with van der Waals surface area (Å²) >= 11 is 1.27. The number of hydrogen-bond donors (Lipinski definition) is 1. The maximum Gasteiger partial charge on any atom is 0.190 e. The third-order valence-electron chi connectivity index (χ3n) is 2.43. The molecule has 1 aliphatic rings. The van der Waals surface area contributed by atoms with Crippen molar-refractivity contribution in [3.63, 3.8) is 0 Å². The molecule has 2 atom stereocenters. The average Bonchev–Trinajstić information content (AvgIpc) is 2.49. The third-order valence-corrected chi connectivity index (χ3v) is 6.14. The van der Waals surface area contributed by atoms with Gasteiger partial charge in [-0.15, -0.1) is 11.3 Å². The van der Waals surface area contributed by atoms with Crippen LogP contribution in [0.4, 0.5) is 0 Å². The fourth-order valence-corrected chi connectivity index (χ4v) is 4.87. The highest BCUT2D eigenvalue weighted by Crippen LogP contribution is 2.37. The Morgan fingerprint density at radius 1 is 1.62 bits per heavy atom. The second-order valence-electron chi connectivity index (χ2n) is 3.36. The summed E-state index contributed by atoms with van der Waals surface area (Å²) in [7, 11) is -3.07. The molecule has 1 aromatic heterocycles. The normalized spacial score (nSPS) is 31.2. The molecule has 1 aromatic rings. The smallest absolute Gasteiger partial charge is 0.190 e. The molecule has 2 rings (SSSR count). The van der Waals surface area contributed by atoms with Crippen LogP contribution in [-0.2, 0) is 9.84 Å². The van der Waals surface area contributed by atoms with Crippen LogP contribution in [-0.4, -0.2) is 13.7 Å². The van der Waals surface area contributed by atoms with E-state index in [1.54, 1.807) is 12.3 Å². The molecule has 0 aliphatic carbocycles. The van der Waals surface area contributed by atoms with Gasteiger partial charge in [0.15, 0.2) is 9.84 Å². The van der Waals surface area contributed by atoms with Gasteiger partial charge in [0, 0.05) is 6.04 Å². The second kappa shape index (κ2) is 2.80. The Morgan fingerprint density at radius 2 is 2.31 bits per heavy atom. The first-order chi connectivity index (χ1) is 6.03. The van der Waals surface area contributed by atoms with Crippen molar-refractivity contribution in [3.05, 3.63) is 17.0 Å². The second-order valence-corrected chi connectivity index (χ2v) is 6.84. The molecule has 0 fully saturated rings. The Bertz CT molecular complexity index is 421. The average molecular weight is 217 g/mol. The highest BCUT2D eigenvalue weighted by molar-refractivity contribution is 7.94. The molecule has 0 saturated heterocycles. The lowest BCUT2D eigenvalue weighted by molar-refractivity contribution is 0.542. The van der Waals surface area contributed by atoms with E-state index in [9.17, 15) is 8.42 Å². The van der Waals surface area contributed by atoms with E-state index in [0.717, 1.165) is 5.56 Å². The Morgan fingerprint density at radius 3 is 3.00 bits per heavy atom. The van der Waals surface area contributed by atoms with Gasteiger partial charge in [-0.1, -0.05) is 0 Å². The standard InChI is InChI=1S/C8H11NO2S2/c1-5-4-7(9)6-2-3-12-8(6)13(5,10)11/h2-3,5,7H,4,9H2,1H3/t5-,7+/m1/s1. The van der Waals surface area contributed by atoms with E-state index in [1.165, 1.54) is 11.3 Å². The summed E-state index contributed by atoms with van der Waals surface area (Å²) in [6.45, 7) is 1.72. The molecule has 1 aliphatic heterocycles. The van der Waals surface area contributed by atoms with Crippen molar-refractivity contribution in [2.24, 2.45) is 5.73 Å². The van der Waals surface area contributed by atoms with Crippen molar-refractivity contribution in [1.29, 1.82) is 0 Å². The monoisotopic (exact) mass is 217 g/mol. The topological polar surface area (TPSA) is 60.2 Å². The first kappa shape index (κ1) is 9.18. The van der Waals surface area contributed by atoms with Gasteiger partial charge < -0.3 is 5.73 Å². The molecular formula is C8H11NO2S2. The van der Waals surface area contributed by atoms with Crippen molar-refractivity contribution in [2.75, 3.05) is 0 Å². The molecule has 0 amide bonds. The number of thiophene rings is 1. The maximum atomic E-state index is 11.8. The molecule has 0 unspecified atom stereocenters. The SMILES string of the molecule is C[C@@H]1C[C@H](N)c2ccsc2S1(=O)=O. The van der Waals surface area contributed by atoms with Gasteiger partial charge in [0.2, 0.25) is 0 Å². The lowest BCUT2D eigenvalue weighted by Crippen LogP contribution is -2.29. The predicted octanol–water partition coefficient (Wildman–Crippen LogP) is 1.31. The van der Waals surface area contributed by atoms with Gasteiger partial charge in [-0.2, -0.15) is 0 Å². The highest BCUT2D eigenvalue weighted by Gasteiger charge is 2.35. The van der Waals surface area contributed by atoms with Gasteiger partial charge in [-0.25, -0.2) is 8.42 Å². The van der Waals surface area contributed by atoms with Crippen molar-refractivity contribution in [3.8, 4) is 0 Å². The molecule has 0 spiro atoms. The molecule has 2 heterocycles. The van der Waals surface area contributed by atoms with Crippen LogP contribution in [0, 0.1) is 0 Å². The Kier molecular flexibility index (Phi) is 1.98. The van der Waals surface area contributed by atoms with E-state index in [0.29, 0.717) is 10.6 Å². The number of fused-ring (bicyclic) bond motifs is 1. The molecule has 0 radical (unpaired) electrons. The first-order valence-electron chi connectivity index (χ1n) is 4.10. The van der Waals surface area contributed by atoms with E-state index >= 15 is 0 Å². The minimum atomic E-state index is -3.07. The van der Waals surface area contributed by atoms with Gasteiger partial charge in [0.25, 0.3) is 0 Å². The van der Waals surface area contributed by atoms with Gasteiger partial charge >= 0.3 is 0 Å². The summed E-state index contributed by atoms with van der Waals surface area (Å²) in [4.78, 5) is 0. The Labute approximate surface area is 81.5 Å². The van der Waals surface area contributed by atoms with E-state index in [4.69, 9.17) is 5.73 Å². The summed E-state index contributed by atoms with van der Waals surface area (Å²) in [5.41, 5.74) is 6.64. The van der Waals surface area contributed by atoms with Gasteiger partial charge in [0.05, 0.1) is 5.25 Å². The summed E-state index contributed by atoms with van der Waals surface area (Å²) in [5, 5.41) is 1.45. The molecule has 5 heteroatoms. The lowest BCUT2D eigenvalue weighted by Gasteiger charge is -2.23. The summed E-state index contributed by atoms with van der Waals surface area (Å²) in [5.74, 6) is 0. The van der Waals surface area contributed by atoms with Crippen LogP contribution in [0.25, 0.3) is 0 Å². The van der Waals surface area contributed by atoms with Crippen molar-refractivity contribution < 1.29 is 8.42 Å².